The summed E-state index contributed by atoms with van der Waals surface area (Å²) >= 11 is 0. The fourth-order valence-electron chi connectivity index (χ4n) is 4.05. The molecule has 1 fully saturated rings. The first-order valence-corrected chi connectivity index (χ1v) is 10.6. The summed E-state index contributed by atoms with van der Waals surface area (Å²) in [5.41, 5.74) is 2.54. The van der Waals surface area contributed by atoms with Crippen molar-refractivity contribution in [3.8, 4) is 11.5 Å². The molecule has 0 radical (unpaired) electrons. The first-order chi connectivity index (χ1) is 14.6. The zero-order valence-electron chi connectivity index (χ0n) is 17.3. The lowest BCUT2D eigenvalue weighted by Crippen LogP contribution is -2.21. The van der Waals surface area contributed by atoms with E-state index in [4.69, 9.17) is 9.73 Å². The average Bonchev–Trinajstić information content (AvgIpc) is 3.29. The SMILES string of the molecule is CNC(=O)c1ccnc(-c2noc([C@H](CCCC3CCCCC3)CC(=O)NO)n2)c1. The van der Waals surface area contributed by atoms with E-state index in [1.165, 1.54) is 38.3 Å². The predicted molar refractivity (Wildman–Crippen MR) is 109 cm³/mol. The van der Waals surface area contributed by atoms with Gasteiger partial charge in [-0.2, -0.15) is 4.98 Å². The minimum Gasteiger partial charge on any atom is -0.355 e. The summed E-state index contributed by atoms with van der Waals surface area (Å²) in [6.45, 7) is 0. The number of hydrogen-bond acceptors (Lipinski definition) is 7. The van der Waals surface area contributed by atoms with Gasteiger partial charge in [0.2, 0.25) is 17.6 Å². The van der Waals surface area contributed by atoms with Crippen LogP contribution in [0.3, 0.4) is 0 Å². The number of aromatic nitrogens is 3. The lowest BCUT2D eigenvalue weighted by Gasteiger charge is -2.22. The number of nitrogens with zero attached hydrogens (tertiary/aromatic N) is 3. The fraction of sp³-hybridized carbons (Fsp3) is 0.571. The van der Waals surface area contributed by atoms with Crippen LogP contribution in [0.1, 0.15) is 80.0 Å². The molecule has 0 bridgehead atoms. The fourth-order valence-corrected chi connectivity index (χ4v) is 4.05. The standard InChI is InChI=1S/C21H29N5O4/c1-22-20(28)15-10-11-23-17(12-15)19-24-21(30-26-19)16(13-18(27)25-29)9-5-8-14-6-3-2-4-7-14/h10-12,14,16,29H,2-9,13H2,1H3,(H,22,28)(H,25,27)/t16-/m1/s1. The highest BCUT2D eigenvalue weighted by Crippen LogP contribution is 2.31. The van der Waals surface area contributed by atoms with Crippen LogP contribution in [0.5, 0.6) is 0 Å². The molecule has 2 amide bonds. The van der Waals surface area contributed by atoms with Gasteiger partial charge in [0, 0.05) is 31.1 Å². The molecule has 0 spiro atoms. The number of pyridine rings is 1. The molecule has 2 aromatic rings. The van der Waals surface area contributed by atoms with Gasteiger partial charge in [-0.1, -0.05) is 50.1 Å². The van der Waals surface area contributed by atoms with Crippen LogP contribution in [0, 0.1) is 5.92 Å². The Kier molecular flexibility index (Phi) is 7.89. The van der Waals surface area contributed by atoms with Gasteiger partial charge in [-0.25, -0.2) is 5.48 Å². The summed E-state index contributed by atoms with van der Waals surface area (Å²) in [7, 11) is 1.55. The second kappa shape index (κ2) is 10.8. The van der Waals surface area contributed by atoms with Crippen molar-refractivity contribution in [3.05, 3.63) is 29.8 Å². The van der Waals surface area contributed by atoms with E-state index in [9.17, 15) is 9.59 Å². The van der Waals surface area contributed by atoms with E-state index in [0.717, 1.165) is 25.2 Å². The lowest BCUT2D eigenvalue weighted by molar-refractivity contribution is -0.129. The van der Waals surface area contributed by atoms with Crippen LogP contribution in [0.2, 0.25) is 0 Å². The van der Waals surface area contributed by atoms with Crippen molar-refractivity contribution in [2.45, 2.75) is 63.7 Å². The third kappa shape index (κ3) is 5.85. The molecule has 0 aromatic carbocycles. The van der Waals surface area contributed by atoms with Gasteiger partial charge >= 0.3 is 0 Å². The molecule has 1 saturated carbocycles. The Labute approximate surface area is 175 Å². The molecule has 0 unspecified atom stereocenters. The van der Waals surface area contributed by atoms with Crippen LogP contribution < -0.4 is 10.8 Å². The topological polar surface area (TPSA) is 130 Å². The van der Waals surface area contributed by atoms with Gasteiger partial charge in [-0.3, -0.25) is 19.8 Å². The number of amides is 2. The molecular weight excluding hydrogens is 386 g/mol. The van der Waals surface area contributed by atoms with E-state index >= 15 is 0 Å². The van der Waals surface area contributed by atoms with E-state index in [1.807, 2.05) is 0 Å². The minimum atomic E-state index is -0.489. The van der Waals surface area contributed by atoms with Crippen molar-refractivity contribution < 1.29 is 19.3 Å². The number of carbonyl (C=O) groups excluding carboxylic acids is 2. The van der Waals surface area contributed by atoms with Crippen molar-refractivity contribution >= 4 is 11.8 Å². The summed E-state index contributed by atoms with van der Waals surface area (Å²) in [6.07, 6.45) is 10.9. The molecule has 9 nitrogen and oxygen atoms in total. The number of nitrogens with one attached hydrogen (secondary N) is 2. The van der Waals surface area contributed by atoms with Gasteiger partial charge in [0.05, 0.1) is 0 Å². The molecule has 3 rings (SSSR count). The van der Waals surface area contributed by atoms with E-state index in [0.29, 0.717) is 17.1 Å². The second-order valence-electron chi connectivity index (χ2n) is 7.84. The summed E-state index contributed by atoms with van der Waals surface area (Å²) < 4.78 is 5.43. The first kappa shape index (κ1) is 21.9. The molecule has 1 atom stereocenters. The summed E-state index contributed by atoms with van der Waals surface area (Å²) in [5.74, 6) is 0.339. The molecule has 1 aliphatic carbocycles. The van der Waals surface area contributed by atoms with Crippen LogP contribution in [0.4, 0.5) is 0 Å². The largest absolute Gasteiger partial charge is 0.355 e. The third-order valence-electron chi connectivity index (χ3n) is 5.72. The van der Waals surface area contributed by atoms with Gasteiger partial charge in [0.1, 0.15) is 5.69 Å². The first-order valence-electron chi connectivity index (χ1n) is 10.6. The van der Waals surface area contributed by atoms with Crippen LogP contribution in [-0.4, -0.2) is 39.2 Å². The zero-order valence-corrected chi connectivity index (χ0v) is 17.3. The van der Waals surface area contributed by atoms with Gasteiger partial charge in [-0.15, -0.1) is 0 Å². The summed E-state index contributed by atoms with van der Waals surface area (Å²) in [6, 6.07) is 3.19. The lowest BCUT2D eigenvalue weighted by atomic mass is 9.84. The molecular formula is C21H29N5O4. The second-order valence-corrected chi connectivity index (χ2v) is 7.84. The van der Waals surface area contributed by atoms with Crippen molar-refractivity contribution in [2.75, 3.05) is 7.05 Å². The smallest absolute Gasteiger partial charge is 0.251 e. The van der Waals surface area contributed by atoms with Crippen LogP contribution in [0.25, 0.3) is 11.5 Å². The molecule has 30 heavy (non-hydrogen) atoms. The summed E-state index contributed by atoms with van der Waals surface area (Å²) in [5, 5.41) is 15.5. The maximum atomic E-state index is 11.8. The maximum Gasteiger partial charge on any atom is 0.251 e. The highest BCUT2D eigenvalue weighted by atomic mass is 16.5. The Balaban J connectivity index is 1.70. The Bertz CT molecular complexity index is 847. The van der Waals surface area contributed by atoms with Crippen molar-refractivity contribution in [1.29, 1.82) is 0 Å². The number of hydrogen-bond donors (Lipinski definition) is 3. The molecule has 2 heterocycles. The Morgan fingerprint density at radius 2 is 2.10 bits per heavy atom. The molecule has 0 aliphatic heterocycles. The Morgan fingerprint density at radius 3 is 2.83 bits per heavy atom. The maximum absolute atomic E-state index is 11.8. The van der Waals surface area contributed by atoms with Crippen LogP contribution in [-0.2, 0) is 4.79 Å². The highest BCUT2D eigenvalue weighted by Gasteiger charge is 2.24. The van der Waals surface area contributed by atoms with Gasteiger partial charge in [-0.05, 0) is 24.5 Å². The van der Waals surface area contributed by atoms with E-state index in [-0.39, 0.29) is 24.1 Å². The van der Waals surface area contributed by atoms with E-state index in [2.05, 4.69) is 20.4 Å². The quantitative estimate of drug-likeness (QED) is 0.423. The molecule has 2 aromatic heterocycles. The zero-order chi connectivity index (χ0) is 21.3. The van der Waals surface area contributed by atoms with Crippen molar-refractivity contribution in [2.24, 2.45) is 5.92 Å². The normalized spacial score (nSPS) is 15.5. The average molecular weight is 415 g/mol. The minimum absolute atomic E-state index is 0.0640. The number of rotatable bonds is 9. The van der Waals surface area contributed by atoms with Gasteiger partial charge in [0.15, 0.2) is 0 Å². The Hall–Kier alpha value is -2.81. The number of carbonyl (C=O) groups is 2. The van der Waals surface area contributed by atoms with Gasteiger partial charge < -0.3 is 9.84 Å². The Morgan fingerprint density at radius 1 is 1.30 bits per heavy atom. The van der Waals surface area contributed by atoms with E-state index in [1.54, 1.807) is 24.7 Å². The van der Waals surface area contributed by atoms with Crippen LogP contribution in [0.15, 0.2) is 22.9 Å². The molecule has 162 valence electrons. The van der Waals surface area contributed by atoms with E-state index < -0.39 is 5.91 Å². The third-order valence-corrected chi connectivity index (χ3v) is 5.72. The predicted octanol–water partition coefficient (Wildman–Crippen LogP) is 3.22. The van der Waals surface area contributed by atoms with Crippen molar-refractivity contribution in [1.82, 2.24) is 25.9 Å². The molecule has 3 N–H and O–H groups in total. The van der Waals surface area contributed by atoms with Gasteiger partial charge in [0.25, 0.3) is 5.91 Å². The van der Waals surface area contributed by atoms with Crippen molar-refractivity contribution in [3.63, 3.8) is 0 Å². The monoisotopic (exact) mass is 415 g/mol. The van der Waals surface area contributed by atoms with Crippen LogP contribution >= 0.6 is 0 Å². The number of hydroxylamine groups is 1. The molecule has 1 aliphatic rings. The molecule has 0 saturated heterocycles. The summed E-state index contributed by atoms with van der Waals surface area (Å²) in [4.78, 5) is 32.3. The molecule has 9 heteroatoms. The highest BCUT2D eigenvalue weighted by molar-refractivity contribution is 5.94.